The van der Waals surface area contributed by atoms with Crippen molar-refractivity contribution in [1.29, 1.82) is 0 Å². The second-order valence-corrected chi connectivity index (χ2v) is 5.34. The number of hydrogen-bond acceptors (Lipinski definition) is 3. The third kappa shape index (κ3) is 3.67. The summed E-state index contributed by atoms with van der Waals surface area (Å²) < 4.78 is 10.4. The van der Waals surface area contributed by atoms with Crippen molar-refractivity contribution in [3.05, 3.63) is 0 Å². The maximum Gasteiger partial charge on any atom is 0.412 e. The van der Waals surface area contributed by atoms with Gasteiger partial charge in [-0.1, -0.05) is 13.3 Å². The molecular formula is C12H23NO3. The summed E-state index contributed by atoms with van der Waals surface area (Å²) in [4.78, 5) is 13.6. The summed E-state index contributed by atoms with van der Waals surface area (Å²) in [7, 11) is 1.60. The van der Waals surface area contributed by atoms with Gasteiger partial charge in [0.1, 0.15) is 12.3 Å². The number of methoxy groups -OCH3 is 1. The molecule has 1 fully saturated rings. The lowest BCUT2D eigenvalue weighted by atomic mass is 10.2. The number of nitrogens with zero attached hydrogens (tertiary/aromatic N) is 1. The number of ether oxygens (including phenoxy) is 2. The molecule has 1 amide bonds. The first-order valence-corrected chi connectivity index (χ1v) is 5.87. The molecule has 0 saturated heterocycles. The predicted molar refractivity (Wildman–Crippen MR) is 62.1 cm³/mol. The molecule has 0 aromatic carbocycles. The Bertz CT molecular complexity index is 247. The monoisotopic (exact) mass is 229 g/mol. The van der Waals surface area contributed by atoms with Crippen molar-refractivity contribution in [1.82, 2.24) is 4.90 Å². The second-order valence-electron chi connectivity index (χ2n) is 5.34. The van der Waals surface area contributed by atoms with Crippen LogP contribution >= 0.6 is 0 Å². The van der Waals surface area contributed by atoms with E-state index >= 15 is 0 Å². The summed E-state index contributed by atoms with van der Waals surface area (Å²) in [6, 6.07) is 0.305. The van der Waals surface area contributed by atoms with Crippen molar-refractivity contribution in [3.63, 3.8) is 0 Å². The fraction of sp³-hybridized carbons (Fsp3) is 0.917. The SMILES string of the molecule is CCC1CC1N(COC)C(=O)OC(C)(C)C. The quantitative estimate of drug-likeness (QED) is 0.696. The zero-order valence-electron chi connectivity index (χ0n) is 10.9. The average molecular weight is 229 g/mol. The predicted octanol–water partition coefficient (Wildman–Crippen LogP) is 2.63. The van der Waals surface area contributed by atoms with Crippen LogP contribution in [0.2, 0.25) is 0 Å². The Kier molecular flexibility index (Phi) is 4.19. The van der Waals surface area contributed by atoms with E-state index in [1.165, 1.54) is 0 Å². The molecule has 0 bridgehead atoms. The molecule has 94 valence electrons. The molecule has 1 saturated carbocycles. The highest BCUT2D eigenvalue weighted by Gasteiger charge is 2.43. The van der Waals surface area contributed by atoms with Crippen molar-refractivity contribution in [3.8, 4) is 0 Å². The van der Waals surface area contributed by atoms with Crippen molar-refractivity contribution in [2.45, 2.75) is 52.2 Å². The maximum absolute atomic E-state index is 11.9. The summed E-state index contributed by atoms with van der Waals surface area (Å²) in [6.45, 7) is 8.08. The van der Waals surface area contributed by atoms with E-state index in [9.17, 15) is 4.79 Å². The normalized spacial score (nSPS) is 24.1. The molecule has 1 rings (SSSR count). The summed E-state index contributed by atoms with van der Waals surface area (Å²) in [5.74, 6) is 0.614. The summed E-state index contributed by atoms with van der Waals surface area (Å²) in [6.07, 6.45) is 1.91. The lowest BCUT2D eigenvalue weighted by molar-refractivity contribution is -0.00708. The summed E-state index contributed by atoms with van der Waals surface area (Å²) in [5, 5.41) is 0. The second kappa shape index (κ2) is 5.04. The first-order chi connectivity index (χ1) is 7.39. The largest absolute Gasteiger partial charge is 0.444 e. The molecule has 0 spiro atoms. The topological polar surface area (TPSA) is 38.8 Å². The fourth-order valence-corrected chi connectivity index (χ4v) is 1.80. The van der Waals surface area contributed by atoms with Gasteiger partial charge in [0.25, 0.3) is 0 Å². The highest BCUT2D eigenvalue weighted by atomic mass is 16.6. The van der Waals surface area contributed by atoms with Crippen LogP contribution in [0.4, 0.5) is 4.79 Å². The Labute approximate surface area is 97.9 Å². The van der Waals surface area contributed by atoms with Crippen LogP contribution in [0.15, 0.2) is 0 Å². The molecule has 2 atom stereocenters. The van der Waals surface area contributed by atoms with Crippen LogP contribution in [0.5, 0.6) is 0 Å². The van der Waals surface area contributed by atoms with Gasteiger partial charge in [-0.2, -0.15) is 0 Å². The van der Waals surface area contributed by atoms with E-state index in [0.29, 0.717) is 18.7 Å². The van der Waals surface area contributed by atoms with Crippen molar-refractivity contribution >= 4 is 6.09 Å². The number of amides is 1. The number of hydrogen-bond donors (Lipinski definition) is 0. The van der Waals surface area contributed by atoms with Crippen LogP contribution in [0, 0.1) is 5.92 Å². The van der Waals surface area contributed by atoms with Crippen molar-refractivity contribution in [2.24, 2.45) is 5.92 Å². The van der Waals surface area contributed by atoms with E-state index in [1.807, 2.05) is 20.8 Å². The number of carbonyl (C=O) groups excluding carboxylic acids is 1. The molecule has 0 radical (unpaired) electrons. The maximum atomic E-state index is 11.9. The van der Waals surface area contributed by atoms with Gasteiger partial charge in [-0.05, 0) is 33.1 Å². The van der Waals surface area contributed by atoms with E-state index in [2.05, 4.69) is 6.92 Å². The highest BCUT2D eigenvalue weighted by Crippen LogP contribution is 2.38. The molecule has 0 aromatic rings. The van der Waals surface area contributed by atoms with E-state index in [0.717, 1.165) is 12.8 Å². The summed E-state index contributed by atoms with van der Waals surface area (Å²) >= 11 is 0. The van der Waals surface area contributed by atoms with Crippen LogP contribution in [0.25, 0.3) is 0 Å². The van der Waals surface area contributed by atoms with E-state index in [1.54, 1.807) is 12.0 Å². The van der Waals surface area contributed by atoms with Gasteiger partial charge in [0.05, 0.1) is 0 Å². The molecule has 0 aliphatic heterocycles. The fourth-order valence-electron chi connectivity index (χ4n) is 1.80. The lowest BCUT2D eigenvalue weighted by Crippen LogP contribution is -2.40. The Morgan fingerprint density at radius 1 is 1.44 bits per heavy atom. The molecular weight excluding hydrogens is 206 g/mol. The van der Waals surface area contributed by atoms with Gasteiger partial charge < -0.3 is 9.47 Å². The van der Waals surface area contributed by atoms with Gasteiger partial charge in [0.15, 0.2) is 0 Å². The third-order valence-corrected chi connectivity index (χ3v) is 2.71. The minimum atomic E-state index is -0.445. The first kappa shape index (κ1) is 13.3. The molecule has 16 heavy (non-hydrogen) atoms. The molecule has 2 unspecified atom stereocenters. The molecule has 0 N–H and O–H groups in total. The summed E-state index contributed by atoms with van der Waals surface area (Å²) in [5.41, 5.74) is -0.445. The lowest BCUT2D eigenvalue weighted by Gasteiger charge is -2.27. The molecule has 1 aliphatic rings. The zero-order chi connectivity index (χ0) is 12.3. The Morgan fingerprint density at radius 3 is 2.44 bits per heavy atom. The standard InChI is InChI=1S/C12H23NO3/c1-6-9-7-10(9)13(8-15-5)11(14)16-12(2,3)4/h9-10H,6-8H2,1-5H3. The zero-order valence-corrected chi connectivity index (χ0v) is 10.9. The number of rotatable bonds is 4. The minimum absolute atomic E-state index is 0.268. The molecule has 4 heteroatoms. The Morgan fingerprint density at radius 2 is 2.06 bits per heavy atom. The van der Waals surface area contributed by atoms with Crippen LogP contribution < -0.4 is 0 Å². The van der Waals surface area contributed by atoms with E-state index < -0.39 is 5.60 Å². The van der Waals surface area contributed by atoms with Crippen LogP contribution in [-0.2, 0) is 9.47 Å². The van der Waals surface area contributed by atoms with E-state index in [4.69, 9.17) is 9.47 Å². The van der Waals surface area contributed by atoms with Crippen molar-refractivity contribution in [2.75, 3.05) is 13.8 Å². The van der Waals surface area contributed by atoms with Crippen LogP contribution in [-0.4, -0.2) is 36.5 Å². The Balaban J connectivity index is 2.54. The first-order valence-electron chi connectivity index (χ1n) is 5.87. The van der Waals surface area contributed by atoms with Gasteiger partial charge in [0.2, 0.25) is 0 Å². The third-order valence-electron chi connectivity index (χ3n) is 2.71. The Hall–Kier alpha value is -0.770. The molecule has 0 heterocycles. The van der Waals surface area contributed by atoms with Gasteiger partial charge in [-0.15, -0.1) is 0 Å². The highest BCUT2D eigenvalue weighted by molar-refractivity contribution is 5.69. The van der Waals surface area contributed by atoms with Gasteiger partial charge in [-0.25, -0.2) is 4.79 Å². The van der Waals surface area contributed by atoms with Crippen molar-refractivity contribution < 1.29 is 14.3 Å². The minimum Gasteiger partial charge on any atom is -0.444 e. The van der Waals surface area contributed by atoms with Gasteiger partial charge >= 0.3 is 6.09 Å². The van der Waals surface area contributed by atoms with Gasteiger partial charge in [0, 0.05) is 13.2 Å². The molecule has 0 aromatic heterocycles. The smallest absolute Gasteiger partial charge is 0.412 e. The average Bonchev–Trinajstić information content (AvgIpc) is 2.90. The van der Waals surface area contributed by atoms with Crippen LogP contribution in [0.1, 0.15) is 40.5 Å². The number of carbonyl (C=O) groups is 1. The molecule has 1 aliphatic carbocycles. The molecule has 4 nitrogen and oxygen atoms in total. The van der Waals surface area contributed by atoms with E-state index in [-0.39, 0.29) is 6.09 Å². The van der Waals surface area contributed by atoms with Crippen LogP contribution in [0.3, 0.4) is 0 Å². The van der Waals surface area contributed by atoms with Gasteiger partial charge in [-0.3, -0.25) is 4.90 Å².